The van der Waals surface area contributed by atoms with Gasteiger partial charge in [-0.15, -0.1) is 0 Å². The van der Waals surface area contributed by atoms with Gasteiger partial charge in [0.2, 0.25) is 0 Å². The Labute approximate surface area is 87.6 Å². The van der Waals surface area contributed by atoms with Gasteiger partial charge in [-0.1, -0.05) is 38.8 Å². The average molecular weight is 194 g/mol. The SMILES string of the molecule is CCCC/C=C\C1(C)CCCC(=O)C1. The normalized spacial score (nSPS) is 28.6. The molecule has 1 nitrogen and oxygen atoms in total. The molecule has 0 saturated heterocycles. The minimum Gasteiger partial charge on any atom is -0.300 e. The van der Waals surface area contributed by atoms with Gasteiger partial charge in [0.05, 0.1) is 0 Å². The summed E-state index contributed by atoms with van der Waals surface area (Å²) >= 11 is 0. The van der Waals surface area contributed by atoms with Gasteiger partial charge in [0, 0.05) is 12.8 Å². The van der Waals surface area contributed by atoms with Crippen molar-refractivity contribution in [3.8, 4) is 0 Å². The molecule has 0 aromatic rings. The molecule has 0 aliphatic heterocycles. The van der Waals surface area contributed by atoms with E-state index in [9.17, 15) is 4.79 Å². The van der Waals surface area contributed by atoms with E-state index in [1.165, 1.54) is 25.7 Å². The molecule has 1 fully saturated rings. The second kappa shape index (κ2) is 5.33. The third kappa shape index (κ3) is 3.65. The maximum absolute atomic E-state index is 11.3. The average Bonchev–Trinajstić information content (AvgIpc) is 2.12. The number of carbonyl (C=O) groups excluding carboxylic acids is 1. The van der Waals surface area contributed by atoms with Crippen molar-refractivity contribution in [1.82, 2.24) is 0 Å². The fourth-order valence-corrected chi connectivity index (χ4v) is 2.15. The predicted octanol–water partition coefficient (Wildman–Crippen LogP) is 3.88. The molecule has 0 radical (unpaired) electrons. The molecule has 1 unspecified atom stereocenters. The smallest absolute Gasteiger partial charge is 0.133 e. The Morgan fingerprint density at radius 3 is 2.93 bits per heavy atom. The van der Waals surface area contributed by atoms with Crippen molar-refractivity contribution in [2.75, 3.05) is 0 Å². The van der Waals surface area contributed by atoms with Crippen LogP contribution in [0.5, 0.6) is 0 Å². The number of Topliss-reactive ketones (excluding diaryl/α,β-unsaturated/α-hetero) is 1. The van der Waals surface area contributed by atoms with E-state index in [2.05, 4.69) is 26.0 Å². The van der Waals surface area contributed by atoms with Crippen molar-refractivity contribution in [2.45, 2.75) is 58.8 Å². The molecule has 1 aliphatic rings. The molecule has 0 bridgehead atoms. The van der Waals surface area contributed by atoms with Crippen LogP contribution in [0.2, 0.25) is 0 Å². The highest BCUT2D eigenvalue weighted by atomic mass is 16.1. The number of carbonyl (C=O) groups is 1. The zero-order valence-electron chi connectivity index (χ0n) is 9.51. The van der Waals surface area contributed by atoms with E-state index in [-0.39, 0.29) is 5.41 Å². The predicted molar refractivity (Wildman–Crippen MR) is 60.2 cm³/mol. The Bertz CT molecular complexity index is 217. The van der Waals surface area contributed by atoms with Crippen LogP contribution in [0.1, 0.15) is 58.8 Å². The molecule has 0 heterocycles. The zero-order chi connectivity index (χ0) is 10.4. The third-order valence-electron chi connectivity index (χ3n) is 3.05. The first-order valence-electron chi connectivity index (χ1n) is 5.86. The molecule has 80 valence electrons. The van der Waals surface area contributed by atoms with Crippen molar-refractivity contribution in [3.63, 3.8) is 0 Å². The maximum Gasteiger partial charge on any atom is 0.133 e. The zero-order valence-corrected chi connectivity index (χ0v) is 9.51. The summed E-state index contributed by atoms with van der Waals surface area (Å²) < 4.78 is 0. The van der Waals surface area contributed by atoms with Crippen LogP contribution >= 0.6 is 0 Å². The molecule has 0 aromatic heterocycles. The number of hydrogen-bond acceptors (Lipinski definition) is 1. The van der Waals surface area contributed by atoms with Gasteiger partial charge in [-0.2, -0.15) is 0 Å². The van der Waals surface area contributed by atoms with E-state index < -0.39 is 0 Å². The standard InChI is InChI=1S/C13H22O/c1-3-4-5-6-9-13(2)10-7-8-12(14)11-13/h6,9H,3-5,7-8,10-11H2,1-2H3/b9-6-. The van der Waals surface area contributed by atoms with Gasteiger partial charge in [-0.05, 0) is 24.7 Å². The van der Waals surface area contributed by atoms with Crippen molar-refractivity contribution in [2.24, 2.45) is 5.41 Å². The Morgan fingerprint density at radius 2 is 2.29 bits per heavy atom. The van der Waals surface area contributed by atoms with Gasteiger partial charge >= 0.3 is 0 Å². The van der Waals surface area contributed by atoms with Crippen LogP contribution in [0.3, 0.4) is 0 Å². The molecule has 1 aliphatic carbocycles. The number of unbranched alkanes of at least 4 members (excludes halogenated alkanes) is 2. The largest absolute Gasteiger partial charge is 0.300 e. The molecule has 14 heavy (non-hydrogen) atoms. The van der Waals surface area contributed by atoms with Gasteiger partial charge < -0.3 is 0 Å². The molecule has 1 saturated carbocycles. The lowest BCUT2D eigenvalue weighted by Crippen LogP contribution is -2.23. The maximum atomic E-state index is 11.3. The molecule has 1 atom stereocenters. The van der Waals surface area contributed by atoms with E-state index in [0.717, 1.165) is 19.3 Å². The third-order valence-corrected chi connectivity index (χ3v) is 3.05. The van der Waals surface area contributed by atoms with Crippen LogP contribution < -0.4 is 0 Å². The molecule has 0 aromatic carbocycles. The van der Waals surface area contributed by atoms with Crippen molar-refractivity contribution in [3.05, 3.63) is 12.2 Å². The van der Waals surface area contributed by atoms with Crippen LogP contribution in [0, 0.1) is 5.41 Å². The van der Waals surface area contributed by atoms with Gasteiger partial charge in [-0.25, -0.2) is 0 Å². The van der Waals surface area contributed by atoms with Crippen LogP contribution in [-0.2, 0) is 4.79 Å². The molecule has 0 N–H and O–H groups in total. The van der Waals surface area contributed by atoms with Gasteiger partial charge in [0.25, 0.3) is 0 Å². The summed E-state index contributed by atoms with van der Waals surface area (Å²) in [6.07, 6.45) is 12.0. The summed E-state index contributed by atoms with van der Waals surface area (Å²) in [5.74, 6) is 0.443. The highest BCUT2D eigenvalue weighted by Gasteiger charge is 2.28. The van der Waals surface area contributed by atoms with Gasteiger partial charge in [0.15, 0.2) is 0 Å². The second-order valence-electron chi connectivity index (χ2n) is 4.77. The van der Waals surface area contributed by atoms with E-state index in [1.54, 1.807) is 0 Å². The quantitative estimate of drug-likeness (QED) is 0.490. The fraction of sp³-hybridized carbons (Fsp3) is 0.769. The Morgan fingerprint density at radius 1 is 1.50 bits per heavy atom. The lowest BCUT2D eigenvalue weighted by Gasteiger charge is -2.29. The topological polar surface area (TPSA) is 17.1 Å². The first-order valence-corrected chi connectivity index (χ1v) is 5.86. The summed E-state index contributed by atoms with van der Waals surface area (Å²) in [5, 5.41) is 0. The summed E-state index contributed by atoms with van der Waals surface area (Å²) in [7, 11) is 0. The van der Waals surface area contributed by atoms with E-state index in [1.807, 2.05) is 0 Å². The van der Waals surface area contributed by atoms with Crippen LogP contribution in [-0.4, -0.2) is 5.78 Å². The lowest BCUT2D eigenvalue weighted by atomic mass is 9.75. The summed E-state index contributed by atoms with van der Waals surface area (Å²) in [4.78, 5) is 11.3. The minimum absolute atomic E-state index is 0.170. The van der Waals surface area contributed by atoms with E-state index in [0.29, 0.717) is 5.78 Å². The highest BCUT2D eigenvalue weighted by Crippen LogP contribution is 2.35. The van der Waals surface area contributed by atoms with E-state index >= 15 is 0 Å². The van der Waals surface area contributed by atoms with Gasteiger partial charge in [-0.3, -0.25) is 4.79 Å². The fourth-order valence-electron chi connectivity index (χ4n) is 2.15. The lowest BCUT2D eigenvalue weighted by molar-refractivity contribution is -0.122. The number of allylic oxidation sites excluding steroid dienone is 2. The van der Waals surface area contributed by atoms with E-state index in [4.69, 9.17) is 0 Å². The molecular formula is C13H22O. The van der Waals surface area contributed by atoms with Gasteiger partial charge in [0.1, 0.15) is 5.78 Å². The van der Waals surface area contributed by atoms with Crippen molar-refractivity contribution in [1.29, 1.82) is 0 Å². The minimum atomic E-state index is 0.170. The first kappa shape index (κ1) is 11.5. The highest BCUT2D eigenvalue weighted by molar-refractivity contribution is 5.80. The summed E-state index contributed by atoms with van der Waals surface area (Å²) in [5.41, 5.74) is 0.170. The Kier molecular flexibility index (Phi) is 4.37. The van der Waals surface area contributed by atoms with Crippen LogP contribution in [0.25, 0.3) is 0 Å². The Hall–Kier alpha value is -0.590. The summed E-state index contributed by atoms with van der Waals surface area (Å²) in [6.45, 7) is 4.42. The molecule has 0 spiro atoms. The number of rotatable bonds is 4. The van der Waals surface area contributed by atoms with Crippen molar-refractivity contribution >= 4 is 5.78 Å². The molecule has 1 heteroatoms. The number of hydrogen-bond donors (Lipinski definition) is 0. The molecule has 1 rings (SSSR count). The van der Waals surface area contributed by atoms with Crippen molar-refractivity contribution < 1.29 is 4.79 Å². The Balaban J connectivity index is 2.39. The summed E-state index contributed by atoms with van der Waals surface area (Å²) in [6, 6.07) is 0. The molecular weight excluding hydrogens is 172 g/mol. The second-order valence-corrected chi connectivity index (χ2v) is 4.77. The number of ketones is 1. The monoisotopic (exact) mass is 194 g/mol. The van der Waals surface area contributed by atoms with Crippen LogP contribution in [0.15, 0.2) is 12.2 Å². The van der Waals surface area contributed by atoms with Crippen LogP contribution in [0.4, 0.5) is 0 Å². The molecule has 0 amide bonds. The first-order chi connectivity index (χ1) is 6.66.